The summed E-state index contributed by atoms with van der Waals surface area (Å²) in [4.78, 5) is 2.53. The molecule has 1 saturated carbocycles. The smallest absolute Gasteiger partial charge is 0.0764 e. The van der Waals surface area contributed by atoms with Crippen LogP contribution in [0.25, 0.3) is 0 Å². The van der Waals surface area contributed by atoms with E-state index in [9.17, 15) is 0 Å². The minimum Gasteiger partial charge on any atom is -0.328 e. The van der Waals surface area contributed by atoms with Crippen LogP contribution in [0.2, 0.25) is 0 Å². The summed E-state index contributed by atoms with van der Waals surface area (Å²) in [5.41, 5.74) is 7.24. The average Bonchev–Trinajstić information content (AvgIpc) is 3.09. The molecule has 1 saturated heterocycles. The first kappa shape index (κ1) is 14.1. The standard InChI is InChI=1S/C16H28N4/c1-13(17)14-6-9-19(10-7-14)12-15-8-11-20(18-15)16-4-2-3-5-16/h8,11,13-14,16H,2-7,9-10,12,17H2,1H3. The third kappa shape index (κ3) is 3.23. The van der Waals surface area contributed by atoms with Crippen LogP contribution < -0.4 is 5.73 Å². The van der Waals surface area contributed by atoms with Gasteiger partial charge in [-0.1, -0.05) is 12.8 Å². The molecule has 0 radical (unpaired) electrons. The third-order valence-electron chi connectivity index (χ3n) is 5.12. The summed E-state index contributed by atoms with van der Waals surface area (Å²) < 4.78 is 2.21. The van der Waals surface area contributed by atoms with Crippen molar-refractivity contribution in [1.29, 1.82) is 0 Å². The Morgan fingerprint density at radius 1 is 1.25 bits per heavy atom. The van der Waals surface area contributed by atoms with Crippen LogP contribution >= 0.6 is 0 Å². The van der Waals surface area contributed by atoms with Crippen molar-refractivity contribution >= 4 is 0 Å². The number of likely N-dealkylation sites (tertiary alicyclic amines) is 1. The highest BCUT2D eigenvalue weighted by Gasteiger charge is 2.23. The average molecular weight is 276 g/mol. The van der Waals surface area contributed by atoms with E-state index >= 15 is 0 Å². The number of rotatable bonds is 4. The van der Waals surface area contributed by atoms with Crippen molar-refractivity contribution in [1.82, 2.24) is 14.7 Å². The number of aromatic nitrogens is 2. The van der Waals surface area contributed by atoms with Crippen LogP contribution in [-0.2, 0) is 6.54 Å². The van der Waals surface area contributed by atoms with Gasteiger partial charge in [0.15, 0.2) is 0 Å². The molecular formula is C16H28N4. The fraction of sp³-hybridized carbons (Fsp3) is 0.812. The van der Waals surface area contributed by atoms with Crippen LogP contribution in [0.15, 0.2) is 12.3 Å². The van der Waals surface area contributed by atoms with Crippen molar-refractivity contribution in [3.8, 4) is 0 Å². The molecule has 2 fully saturated rings. The first-order chi connectivity index (χ1) is 9.72. The van der Waals surface area contributed by atoms with Crippen molar-refractivity contribution in [2.75, 3.05) is 13.1 Å². The normalized spacial score (nSPS) is 24.3. The van der Waals surface area contributed by atoms with Crippen LogP contribution in [0.4, 0.5) is 0 Å². The highest BCUT2D eigenvalue weighted by atomic mass is 15.3. The molecule has 3 rings (SSSR count). The van der Waals surface area contributed by atoms with Crippen molar-refractivity contribution in [2.45, 2.75) is 64.1 Å². The van der Waals surface area contributed by atoms with Crippen molar-refractivity contribution in [3.05, 3.63) is 18.0 Å². The number of piperidine rings is 1. The van der Waals surface area contributed by atoms with Gasteiger partial charge in [0, 0.05) is 18.8 Å². The van der Waals surface area contributed by atoms with E-state index in [1.165, 1.54) is 57.3 Å². The molecule has 1 aromatic heterocycles. The summed E-state index contributed by atoms with van der Waals surface area (Å²) >= 11 is 0. The Hall–Kier alpha value is -0.870. The molecule has 112 valence electrons. The number of hydrogen-bond donors (Lipinski definition) is 1. The number of nitrogens with zero attached hydrogens (tertiary/aromatic N) is 3. The lowest BCUT2D eigenvalue weighted by molar-refractivity contribution is 0.163. The van der Waals surface area contributed by atoms with Crippen molar-refractivity contribution < 1.29 is 0 Å². The number of hydrogen-bond acceptors (Lipinski definition) is 3. The lowest BCUT2D eigenvalue weighted by Crippen LogP contribution is -2.39. The Morgan fingerprint density at radius 3 is 2.60 bits per heavy atom. The molecule has 2 N–H and O–H groups in total. The van der Waals surface area contributed by atoms with Crippen molar-refractivity contribution in [2.24, 2.45) is 11.7 Å². The predicted octanol–water partition coefficient (Wildman–Crippen LogP) is 2.56. The van der Waals surface area contributed by atoms with Gasteiger partial charge in [-0.15, -0.1) is 0 Å². The maximum atomic E-state index is 6.00. The van der Waals surface area contributed by atoms with E-state index in [4.69, 9.17) is 10.8 Å². The third-order valence-corrected chi connectivity index (χ3v) is 5.12. The molecule has 4 heteroatoms. The van der Waals surface area contributed by atoms with E-state index < -0.39 is 0 Å². The maximum Gasteiger partial charge on any atom is 0.0764 e. The lowest BCUT2D eigenvalue weighted by Gasteiger charge is -2.33. The Kier molecular flexibility index (Phi) is 4.41. The summed E-state index contributed by atoms with van der Waals surface area (Å²) in [6, 6.07) is 3.21. The predicted molar refractivity (Wildman–Crippen MR) is 81.4 cm³/mol. The van der Waals surface area contributed by atoms with Gasteiger partial charge in [-0.05, 0) is 57.7 Å². The van der Waals surface area contributed by atoms with E-state index in [0.29, 0.717) is 18.0 Å². The van der Waals surface area contributed by atoms with E-state index in [2.05, 4.69) is 28.8 Å². The molecule has 1 aromatic rings. The van der Waals surface area contributed by atoms with E-state index in [-0.39, 0.29) is 0 Å². The van der Waals surface area contributed by atoms with E-state index in [0.717, 1.165) is 6.54 Å². The summed E-state index contributed by atoms with van der Waals surface area (Å²) in [7, 11) is 0. The minimum atomic E-state index is 0.346. The van der Waals surface area contributed by atoms with Gasteiger partial charge in [-0.3, -0.25) is 9.58 Å². The molecule has 2 heterocycles. The highest BCUT2D eigenvalue weighted by molar-refractivity contribution is 5.00. The van der Waals surface area contributed by atoms with Crippen LogP contribution in [0.1, 0.15) is 57.2 Å². The fourth-order valence-corrected chi connectivity index (χ4v) is 3.70. The Balaban J connectivity index is 1.51. The molecule has 1 atom stereocenters. The zero-order valence-electron chi connectivity index (χ0n) is 12.7. The van der Waals surface area contributed by atoms with Crippen LogP contribution in [0.3, 0.4) is 0 Å². The monoisotopic (exact) mass is 276 g/mol. The maximum absolute atomic E-state index is 6.00. The molecule has 1 aliphatic heterocycles. The summed E-state index contributed by atoms with van der Waals surface area (Å²) in [6.45, 7) is 5.49. The molecule has 0 amide bonds. The number of nitrogens with two attached hydrogens (primary N) is 1. The zero-order valence-corrected chi connectivity index (χ0v) is 12.7. The summed E-state index contributed by atoms with van der Waals surface area (Å²) in [5.74, 6) is 0.710. The van der Waals surface area contributed by atoms with Gasteiger partial charge in [0.05, 0.1) is 11.7 Å². The second-order valence-corrected chi connectivity index (χ2v) is 6.70. The molecular weight excluding hydrogens is 248 g/mol. The van der Waals surface area contributed by atoms with Gasteiger partial charge < -0.3 is 5.73 Å². The van der Waals surface area contributed by atoms with E-state index in [1.54, 1.807) is 0 Å². The molecule has 0 aromatic carbocycles. The molecule has 1 aliphatic carbocycles. The zero-order chi connectivity index (χ0) is 13.9. The Morgan fingerprint density at radius 2 is 1.95 bits per heavy atom. The van der Waals surface area contributed by atoms with Gasteiger partial charge in [0.25, 0.3) is 0 Å². The van der Waals surface area contributed by atoms with Crippen LogP contribution in [-0.4, -0.2) is 33.8 Å². The topological polar surface area (TPSA) is 47.1 Å². The lowest BCUT2D eigenvalue weighted by atomic mass is 9.91. The Bertz CT molecular complexity index is 412. The first-order valence-electron chi connectivity index (χ1n) is 8.24. The highest BCUT2D eigenvalue weighted by Crippen LogP contribution is 2.29. The largest absolute Gasteiger partial charge is 0.328 e. The fourth-order valence-electron chi connectivity index (χ4n) is 3.70. The molecule has 1 unspecified atom stereocenters. The molecule has 2 aliphatic rings. The minimum absolute atomic E-state index is 0.346. The summed E-state index contributed by atoms with van der Waals surface area (Å²) in [5, 5.41) is 4.79. The molecule has 20 heavy (non-hydrogen) atoms. The first-order valence-corrected chi connectivity index (χ1v) is 8.24. The Labute approximate surface area is 122 Å². The van der Waals surface area contributed by atoms with Crippen LogP contribution in [0, 0.1) is 5.92 Å². The second kappa shape index (κ2) is 6.27. The molecule has 0 bridgehead atoms. The van der Waals surface area contributed by atoms with Crippen LogP contribution in [0.5, 0.6) is 0 Å². The van der Waals surface area contributed by atoms with E-state index in [1.807, 2.05) is 0 Å². The quantitative estimate of drug-likeness (QED) is 0.919. The van der Waals surface area contributed by atoms with Gasteiger partial charge in [0.2, 0.25) is 0 Å². The molecule has 4 nitrogen and oxygen atoms in total. The second-order valence-electron chi connectivity index (χ2n) is 6.70. The molecule has 0 spiro atoms. The van der Waals surface area contributed by atoms with Gasteiger partial charge >= 0.3 is 0 Å². The van der Waals surface area contributed by atoms with Crippen molar-refractivity contribution in [3.63, 3.8) is 0 Å². The van der Waals surface area contributed by atoms with Gasteiger partial charge in [-0.2, -0.15) is 5.10 Å². The van der Waals surface area contributed by atoms with Gasteiger partial charge in [0.1, 0.15) is 0 Å². The SMILES string of the molecule is CC(N)C1CCN(Cc2ccn(C3CCCC3)n2)CC1. The summed E-state index contributed by atoms with van der Waals surface area (Å²) in [6.07, 6.45) is 10.00. The van der Waals surface area contributed by atoms with Gasteiger partial charge in [-0.25, -0.2) is 0 Å².